The van der Waals surface area contributed by atoms with Crippen molar-refractivity contribution < 1.29 is 19.1 Å². The number of rotatable bonds is 5. The Bertz CT molecular complexity index is 880. The molecule has 2 aromatic rings. The molecule has 0 saturated heterocycles. The highest BCUT2D eigenvalue weighted by Crippen LogP contribution is 2.43. The van der Waals surface area contributed by atoms with Gasteiger partial charge in [-0.05, 0) is 49.8 Å². The van der Waals surface area contributed by atoms with Crippen LogP contribution in [0.5, 0.6) is 0 Å². The monoisotopic (exact) mass is 385 g/mol. The van der Waals surface area contributed by atoms with E-state index in [0.717, 1.165) is 10.5 Å². The smallest absolute Gasteiger partial charge is 0.334 e. The van der Waals surface area contributed by atoms with Crippen LogP contribution >= 0.6 is 11.8 Å². The van der Waals surface area contributed by atoms with Gasteiger partial charge >= 0.3 is 5.97 Å². The van der Waals surface area contributed by atoms with Crippen molar-refractivity contribution >= 4 is 28.5 Å². The van der Waals surface area contributed by atoms with Crippen LogP contribution in [-0.2, 0) is 4.79 Å². The first-order valence-electron chi connectivity index (χ1n) is 8.59. The molecule has 1 atom stereocenters. The van der Waals surface area contributed by atoms with Crippen molar-refractivity contribution in [1.82, 2.24) is 4.90 Å². The maximum Gasteiger partial charge on any atom is 0.334 e. The lowest BCUT2D eigenvalue weighted by atomic mass is 9.94. The number of thioether (sulfide) groups is 1. The minimum atomic E-state index is -1.46. The fourth-order valence-electron chi connectivity index (χ4n) is 3.23. The van der Waals surface area contributed by atoms with E-state index in [2.05, 4.69) is 0 Å². The SMILES string of the molecule is CC(C)N(C(=O)c1ccc(F)cc1)C1(C(=O)O)C=C(c2ccccc2)SC1. The Morgan fingerprint density at radius 1 is 1.11 bits per heavy atom. The molecule has 0 saturated carbocycles. The molecule has 1 N–H and O–H groups in total. The summed E-state index contributed by atoms with van der Waals surface area (Å²) in [5.74, 6) is -1.74. The summed E-state index contributed by atoms with van der Waals surface area (Å²) in [6.07, 6.45) is 1.66. The highest BCUT2D eigenvalue weighted by atomic mass is 32.2. The molecular weight excluding hydrogens is 365 g/mol. The van der Waals surface area contributed by atoms with Crippen LogP contribution in [0.25, 0.3) is 4.91 Å². The molecule has 0 radical (unpaired) electrons. The summed E-state index contributed by atoms with van der Waals surface area (Å²) < 4.78 is 13.2. The van der Waals surface area contributed by atoms with E-state index < -0.39 is 23.2 Å². The molecule has 3 rings (SSSR count). The molecular formula is C21H20FNO3S. The number of carboxylic acids is 1. The first-order chi connectivity index (χ1) is 12.8. The van der Waals surface area contributed by atoms with Crippen LogP contribution in [0.4, 0.5) is 4.39 Å². The molecule has 4 nitrogen and oxygen atoms in total. The van der Waals surface area contributed by atoms with Gasteiger partial charge in [-0.2, -0.15) is 0 Å². The molecule has 1 heterocycles. The number of halogens is 1. The predicted molar refractivity (Wildman–Crippen MR) is 105 cm³/mol. The van der Waals surface area contributed by atoms with E-state index in [4.69, 9.17) is 0 Å². The van der Waals surface area contributed by atoms with Crippen molar-refractivity contribution in [2.75, 3.05) is 5.75 Å². The third kappa shape index (κ3) is 3.62. The van der Waals surface area contributed by atoms with E-state index in [1.54, 1.807) is 19.9 Å². The van der Waals surface area contributed by atoms with Gasteiger partial charge in [0.1, 0.15) is 5.82 Å². The van der Waals surface area contributed by atoms with Crippen molar-refractivity contribution in [2.24, 2.45) is 0 Å². The van der Waals surface area contributed by atoms with E-state index in [1.165, 1.54) is 40.9 Å². The lowest BCUT2D eigenvalue weighted by molar-refractivity contribution is -0.146. The molecule has 27 heavy (non-hydrogen) atoms. The number of amides is 1. The highest BCUT2D eigenvalue weighted by molar-refractivity contribution is 8.08. The van der Waals surface area contributed by atoms with Crippen molar-refractivity contribution in [3.63, 3.8) is 0 Å². The van der Waals surface area contributed by atoms with Gasteiger partial charge in [-0.1, -0.05) is 30.3 Å². The second-order valence-corrected chi connectivity index (χ2v) is 7.69. The third-order valence-corrected chi connectivity index (χ3v) is 5.75. The first kappa shape index (κ1) is 19.2. The standard InChI is InChI=1S/C21H20FNO3S/c1-14(2)23(19(24)16-8-10-17(22)11-9-16)21(20(25)26)12-18(27-13-21)15-6-4-3-5-7-15/h3-12,14H,13H2,1-2H3,(H,25,26). The van der Waals surface area contributed by atoms with Gasteiger partial charge in [0.25, 0.3) is 5.91 Å². The fraction of sp³-hybridized carbons (Fsp3) is 0.238. The van der Waals surface area contributed by atoms with Gasteiger partial charge < -0.3 is 10.0 Å². The van der Waals surface area contributed by atoms with Crippen molar-refractivity contribution in [2.45, 2.75) is 25.4 Å². The normalized spacial score (nSPS) is 19.0. The second kappa shape index (κ2) is 7.56. The summed E-state index contributed by atoms with van der Waals surface area (Å²) in [7, 11) is 0. The van der Waals surface area contributed by atoms with Gasteiger partial charge in [-0.15, -0.1) is 11.8 Å². The molecule has 140 valence electrons. The van der Waals surface area contributed by atoms with Gasteiger partial charge in [-0.3, -0.25) is 4.79 Å². The van der Waals surface area contributed by atoms with Crippen molar-refractivity contribution in [1.29, 1.82) is 0 Å². The van der Waals surface area contributed by atoms with Gasteiger partial charge in [0.05, 0.1) is 0 Å². The average Bonchev–Trinajstić information content (AvgIpc) is 3.09. The van der Waals surface area contributed by atoms with Crippen LogP contribution in [0.2, 0.25) is 0 Å². The maximum atomic E-state index is 13.2. The van der Waals surface area contributed by atoms with Crippen molar-refractivity contribution in [3.05, 3.63) is 77.6 Å². The predicted octanol–water partition coefficient (Wildman–Crippen LogP) is 4.29. The van der Waals surface area contributed by atoms with Crippen LogP contribution in [-0.4, -0.2) is 39.2 Å². The van der Waals surface area contributed by atoms with E-state index in [1.807, 2.05) is 30.3 Å². The van der Waals surface area contributed by atoms with E-state index in [0.29, 0.717) is 0 Å². The van der Waals surface area contributed by atoms with Gasteiger partial charge in [-0.25, -0.2) is 9.18 Å². The molecule has 0 aliphatic carbocycles. The minimum Gasteiger partial charge on any atom is -0.479 e. The van der Waals surface area contributed by atoms with E-state index >= 15 is 0 Å². The summed E-state index contributed by atoms with van der Waals surface area (Å²) in [6, 6.07) is 14.3. The molecule has 0 aromatic heterocycles. The summed E-state index contributed by atoms with van der Waals surface area (Å²) in [4.78, 5) is 27.7. The van der Waals surface area contributed by atoms with Gasteiger partial charge in [0, 0.05) is 22.3 Å². The Hall–Kier alpha value is -2.60. The molecule has 6 heteroatoms. The molecule has 1 aliphatic rings. The van der Waals surface area contributed by atoms with Crippen LogP contribution < -0.4 is 0 Å². The molecule has 1 amide bonds. The number of carboxylic acid groups (broad SMARTS) is 1. The average molecular weight is 385 g/mol. The Morgan fingerprint density at radius 2 is 1.74 bits per heavy atom. The largest absolute Gasteiger partial charge is 0.479 e. The molecule has 0 spiro atoms. The Balaban J connectivity index is 2.06. The summed E-state index contributed by atoms with van der Waals surface area (Å²) in [6.45, 7) is 3.57. The Labute approximate surface area is 161 Å². The Morgan fingerprint density at radius 3 is 2.30 bits per heavy atom. The number of nitrogens with zero attached hydrogens (tertiary/aromatic N) is 1. The minimum absolute atomic E-state index is 0.220. The summed E-state index contributed by atoms with van der Waals surface area (Å²) >= 11 is 1.42. The zero-order valence-electron chi connectivity index (χ0n) is 15.1. The van der Waals surface area contributed by atoms with Crippen LogP contribution in [0, 0.1) is 5.82 Å². The second-order valence-electron chi connectivity index (χ2n) is 6.67. The number of benzene rings is 2. The summed E-state index contributed by atoms with van der Waals surface area (Å²) in [5.41, 5.74) is -0.281. The van der Waals surface area contributed by atoms with Crippen LogP contribution in [0.15, 0.2) is 60.7 Å². The maximum absolute atomic E-state index is 13.2. The number of carbonyl (C=O) groups is 2. The lowest BCUT2D eigenvalue weighted by Crippen LogP contribution is -2.59. The molecule has 1 aliphatic heterocycles. The highest BCUT2D eigenvalue weighted by Gasteiger charge is 2.50. The van der Waals surface area contributed by atoms with Crippen LogP contribution in [0.1, 0.15) is 29.8 Å². The number of hydrogen-bond acceptors (Lipinski definition) is 3. The third-order valence-electron chi connectivity index (χ3n) is 4.50. The molecule has 1 unspecified atom stereocenters. The number of carbonyl (C=O) groups excluding carboxylic acids is 1. The number of aliphatic carboxylic acids is 1. The topological polar surface area (TPSA) is 57.6 Å². The zero-order valence-corrected chi connectivity index (χ0v) is 15.9. The molecule has 0 bridgehead atoms. The first-order valence-corrected chi connectivity index (χ1v) is 9.57. The fourth-order valence-corrected chi connectivity index (χ4v) is 4.53. The quantitative estimate of drug-likeness (QED) is 0.834. The van der Waals surface area contributed by atoms with Gasteiger partial charge in [0.15, 0.2) is 5.54 Å². The van der Waals surface area contributed by atoms with Crippen molar-refractivity contribution in [3.8, 4) is 0 Å². The van der Waals surface area contributed by atoms with E-state index in [9.17, 15) is 19.1 Å². The van der Waals surface area contributed by atoms with Gasteiger partial charge in [0.2, 0.25) is 0 Å². The summed E-state index contributed by atoms with van der Waals surface area (Å²) in [5, 5.41) is 10.1. The Kier molecular flexibility index (Phi) is 5.37. The zero-order chi connectivity index (χ0) is 19.6. The van der Waals surface area contributed by atoms with E-state index in [-0.39, 0.29) is 17.4 Å². The molecule has 0 fully saturated rings. The lowest BCUT2D eigenvalue weighted by Gasteiger charge is -2.39. The molecule has 2 aromatic carbocycles. The number of hydrogen-bond donors (Lipinski definition) is 1. The van der Waals surface area contributed by atoms with Crippen LogP contribution in [0.3, 0.4) is 0 Å².